The first kappa shape index (κ1) is 55.7. The third kappa shape index (κ3) is 14.8. The Labute approximate surface area is 407 Å². The van der Waals surface area contributed by atoms with E-state index in [1.54, 1.807) is 72.6 Å². The minimum atomic E-state index is -0.947. The molecule has 17 heteroatoms. The Kier molecular flexibility index (Phi) is 22.2. The molecule has 2 aliphatic rings. The number of methoxy groups -OCH3 is 2. The highest BCUT2D eigenvalue weighted by atomic mass is 33.1. The SMILES string of the molecule is CC[C@H](C)[C@@H]([C@@H](CC(=O)N1CCC[C@@H]1[C@H](OC)[C@@H](C)C(=O)N[C@H](C)[C@@H](O)c1ccccc1)OC)N(C)C(=O)[C@@H](NC(=O)[C@H](C(C)C)N(C)C(=O)O[C@@H]1CCC[C@H]1SSc1ccccn1)C(C)C. The first-order valence-corrected chi connectivity index (χ1v) is 26.2. The molecule has 374 valence electrons. The molecule has 67 heavy (non-hydrogen) atoms. The van der Waals surface area contributed by atoms with Crippen molar-refractivity contribution in [3.8, 4) is 0 Å². The predicted molar refractivity (Wildman–Crippen MR) is 264 cm³/mol. The molecule has 15 nitrogen and oxygen atoms in total. The number of hydrogen-bond donors (Lipinski definition) is 3. The molecule has 0 bridgehead atoms. The standard InChI is InChI=1S/C50H78N6O9S2/c1-13-32(6)44(38(63-11)29-41(57)56-28-20-23-36(56)46(64-12)33(7)47(59)52-34(8)45(58)35-21-15-14-16-22-35)54(9)49(61)42(30(2)3)53-48(60)43(31(4)5)55(10)50(62)65-37-24-19-25-39(37)66-67-40-26-17-18-27-51-40/h14-18,21-22,26-27,30-34,36-39,42-46,58H,13,19-20,23-25,28-29H2,1-12H3,(H,52,59)(H,53,60)/t32-,33+,34+,36+,37+,38+,39+,42-,43-,44-,45+,46+/m0/s1. The van der Waals surface area contributed by atoms with E-state index in [9.17, 15) is 29.1 Å². The molecule has 0 radical (unpaired) electrons. The fourth-order valence-electron chi connectivity index (χ4n) is 9.55. The molecule has 5 amide bonds. The first-order valence-electron chi connectivity index (χ1n) is 24.0. The highest BCUT2D eigenvalue weighted by molar-refractivity contribution is 8.76. The maximum absolute atomic E-state index is 14.7. The lowest BCUT2D eigenvalue weighted by Gasteiger charge is -2.41. The molecule has 4 rings (SSSR count). The largest absolute Gasteiger partial charge is 0.445 e. The maximum Gasteiger partial charge on any atom is 0.410 e. The lowest BCUT2D eigenvalue weighted by Crippen LogP contribution is -2.60. The molecule has 3 N–H and O–H groups in total. The number of likely N-dealkylation sites (tertiary alicyclic amines) is 1. The van der Waals surface area contributed by atoms with Gasteiger partial charge in [-0.2, -0.15) is 0 Å². The molecule has 0 spiro atoms. The Bertz CT molecular complexity index is 1880. The molecule has 1 aliphatic carbocycles. The van der Waals surface area contributed by atoms with Gasteiger partial charge in [0, 0.05) is 41.1 Å². The van der Waals surface area contributed by atoms with Crippen LogP contribution in [0.15, 0.2) is 59.8 Å². The molecule has 2 heterocycles. The number of benzene rings is 1. The van der Waals surface area contributed by atoms with Gasteiger partial charge in [-0.15, -0.1) is 0 Å². The van der Waals surface area contributed by atoms with Crippen molar-refractivity contribution < 1.29 is 43.3 Å². The van der Waals surface area contributed by atoms with Crippen LogP contribution in [-0.4, -0.2) is 143 Å². The van der Waals surface area contributed by atoms with Crippen LogP contribution in [-0.2, 0) is 33.4 Å². The van der Waals surface area contributed by atoms with Gasteiger partial charge in [-0.05, 0) is 85.3 Å². The quantitative estimate of drug-likeness (QED) is 0.0908. The van der Waals surface area contributed by atoms with Crippen molar-refractivity contribution in [1.82, 2.24) is 30.3 Å². The summed E-state index contributed by atoms with van der Waals surface area (Å²) in [5.74, 6) is -2.63. The summed E-state index contributed by atoms with van der Waals surface area (Å²) in [5.41, 5.74) is 0.695. The summed E-state index contributed by atoms with van der Waals surface area (Å²) in [6.07, 6.45) is 3.20. The van der Waals surface area contributed by atoms with E-state index in [0.29, 0.717) is 24.9 Å². The summed E-state index contributed by atoms with van der Waals surface area (Å²) >= 11 is 0. The molecule has 2 aromatic rings. The first-order chi connectivity index (χ1) is 31.9. The number of amides is 5. The predicted octanol–water partition coefficient (Wildman–Crippen LogP) is 7.14. The van der Waals surface area contributed by atoms with Crippen LogP contribution in [0.25, 0.3) is 0 Å². The number of rotatable bonds is 24. The van der Waals surface area contributed by atoms with Crippen LogP contribution >= 0.6 is 21.6 Å². The van der Waals surface area contributed by atoms with E-state index in [4.69, 9.17) is 14.2 Å². The summed E-state index contributed by atoms with van der Waals surface area (Å²) in [7, 11) is 9.55. The number of nitrogens with one attached hydrogen (secondary N) is 2. The van der Waals surface area contributed by atoms with Gasteiger partial charge in [0.2, 0.25) is 23.6 Å². The van der Waals surface area contributed by atoms with Crippen molar-refractivity contribution in [2.45, 2.75) is 165 Å². The zero-order chi connectivity index (χ0) is 49.5. The molecule has 2 fully saturated rings. The van der Waals surface area contributed by atoms with Crippen LogP contribution in [0, 0.1) is 23.7 Å². The van der Waals surface area contributed by atoms with E-state index in [2.05, 4.69) is 15.6 Å². The molecule has 1 aromatic carbocycles. The molecule has 1 aliphatic heterocycles. The number of hydrogen-bond acceptors (Lipinski definition) is 12. The van der Waals surface area contributed by atoms with Gasteiger partial charge in [-0.25, -0.2) is 9.78 Å². The van der Waals surface area contributed by atoms with Crippen molar-refractivity contribution in [2.24, 2.45) is 23.7 Å². The Morgan fingerprint density at radius 2 is 1.54 bits per heavy atom. The van der Waals surface area contributed by atoms with Gasteiger partial charge in [-0.1, -0.05) is 102 Å². The highest BCUT2D eigenvalue weighted by Crippen LogP contribution is 2.42. The van der Waals surface area contributed by atoms with Crippen molar-refractivity contribution >= 4 is 51.3 Å². The highest BCUT2D eigenvalue weighted by Gasteiger charge is 2.44. The second kappa shape index (κ2) is 26.7. The number of ether oxygens (including phenoxy) is 3. The van der Waals surface area contributed by atoms with Crippen molar-refractivity contribution in [1.29, 1.82) is 0 Å². The van der Waals surface area contributed by atoms with Gasteiger partial charge in [0.05, 0.1) is 54.0 Å². The summed E-state index contributed by atoms with van der Waals surface area (Å²) in [6, 6.07) is 11.5. The molecule has 1 saturated heterocycles. The molecular formula is C50H78N6O9S2. The third-order valence-corrected chi connectivity index (χ3v) is 16.5. The smallest absolute Gasteiger partial charge is 0.410 e. The van der Waals surface area contributed by atoms with E-state index < -0.39 is 60.4 Å². The van der Waals surface area contributed by atoms with E-state index >= 15 is 0 Å². The van der Waals surface area contributed by atoms with Crippen molar-refractivity contribution in [2.75, 3.05) is 34.9 Å². The lowest BCUT2D eigenvalue weighted by atomic mass is 9.89. The number of nitrogens with zero attached hydrogens (tertiary/aromatic N) is 4. The Morgan fingerprint density at radius 1 is 0.851 bits per heavy atom. The number of carbonyl (C=O) groups excluding carboxylic acids is 5. The summed E-state index contributed by atoms with van der Waals surface area (Å²) < 4.78 is 18.1. The van der Waals surface area contributed by atoms with Gasteiger partial charge in [0.15, 0.2) is 0 Å². The average molecular weight is 971 g/mol. The van der Waals surface area contributed by atoms with Crippen LogP contribution in [0.1, 0.15) is 112 Å². The summed E-state index contributed by atoms with van der Waals surface area (Å²) in [4.78, 5) is 79.7. The topological polar surface area (TPSA) is 180 Å². The Balaban J connectivity index is 1.43. The monoisotopic (exact) mass is 971 g/mol. The Morgan fingerprint density at radius 3 is 2.13 bits per heavy atom. The van der Waals surface area contributed by atoms with Gasteiger partial charge >= 0.3 is 6.09 Å². The van der Waals surface area contributed by atoms with E-state index in [-0.39, 0.29) is 59.3 Å². The minimum Gasteiger partial charge on any atom is -0.445 e. The van der Waals surface area contributed by atoms with Crippen molar-refractivity contribution in [3.63, 3.8) is 0 Å². The van der Waals surface area contributed by atoms with Gasteiger partial charge in [0.25, 0.3) is 0 Å². The number of carbonyl (C=O) groups is 5. The average Bonchev–Trinajstić information content (AvgIpc) is 3.99. The van der Waals surface area contributed by atoms with Crippen LogP contribution < -0.4 is 10.6 Å². The Hall–Kier alpha value is -3.90. The number of likely N-dealkylation sites (N-methyl/N-ethyl adjacent to an activating group) is 2. The zero-order valence-electron chi connectivity index (χ0n) is 41.8. The zero-order valence-corrected chi connectivity index (χ0v) is 43.4. The number of aliphatic hydroxyl groups excluding tert-OH is 1. The second-order valence-corrected chi connectivity index (χ2v) is 21.5. The normalized spacial score (nSPS) is 21.4. The summed E-state index contributed by atoms with van der Waals surface area (Å²) in [5, 5.41) is 17.8. The maximum atomic E-state index is 14.7. The molecule has 1 aromatic heterocycles. The van der Waals surface area contributed by atoms with Gasteiger partial charge in [-0.3, -0.25) is 24.1 Å². The number of aliphatic hydroxyl groups is 1. The lowest BCUT2D eigenvalue weighted by molar-refractivity contribution is -0.148. The molecule has 0 unspecified atom stereocenters. The number of pyridine rings is 1. The molecule has 12 atom stereocenters. The van der Waals surface area contributed by atoms with Crippen molar-refractivity contribution in [3.05, 3.63) is 60.3 Å². The van der Waals surface area contributed by atoms with Gasteiger partial charge in [0.1, 0.15) is 23.2 Å². The number of aromatic nitrogens is 1. The second-order valence-electron chi connectivity index (χ2n) is 19.0. The fraction of sp³-hybridized carbons (Fsp3) is 0.680. The summed E-state index contributed by atoms with van der Waals surface area (Å²) in [6.45, 7) is 15.5. The fourth-order valence-corrected chi connectivity index (χ4v) is 12.2. The van der Waals surface area contributed by atoms with Crippen LogP contribution in [0.4, 0.5) is 4.79 Å². The molecule has 1 saturated carbocycles. The van der Waals surface area contributed by atoms with Crippen LogP contribution in [0.3, 0.4) is 0 Å². The minimum absolute atomic E-state index is 0.0276. The third-order valence-electron chi connectivity index (χ3n) is 13.6. The van der Waals surface area contributed by atoms with Crippen LogP contribution in [0.5, 0.6) is 0 Å². The van der Waals surface area contributed by atoms with E-state index in [1.165, 1.54) is 12.0 Å². The van der Waals surface area contributed by atoms with E-state index in [1.807, 2.05) is 90.1 Å². The van der Waals surface area contributed by atoms with Gasteiger partial charge < -0.3 is 39.8 Å². The van der Waals surface area contributed by atoms with Crippen LogP contribution in [0.2, 0.25) is 0 Å². The van der Waals surface area contributed by atoms with E-state index in [0.717, 1.165) is 30.7 Å². The molecular weight excluding hydrogens is 893 g/mol.